The highest BCUT2D eigenvalue weighted by molar-refractivity contribution is 6.14. The molecule has 0 atom stereocenters. The maximum atomic E-state index is 10.5. The third kappa shape index (κ3) is 2.99. The van der Waals surface area contributed by atoms with Crippen LogP contribution in [0.4, 0.5) is 5.69 Å². The van der Waals surface area contributed by atoms with Crippen molar-refractivity contribution in [3.63, 3.8) is 0 Å². The number of fused-ring (bicyclic) bond motifs is 7. The van der Waals surface area contributed by atoms with Gasteiger partial charge in [0.05, 0.1) is 39.9 Å². The van der Waals surface area contributed by atoms with Gasteiger partial charge < -0.3 is 9.13 Å². The van der Waals surface area contributed by atoms with E-state index in [0.29, 0.717) is 16.9 Å². The lowest BCUT2D eigenvalue weighted by Crippen LogP contribution is -2.01. The van der Waals surface area contributed by atoms with E-state index in [4.69, 9.17) is 6.57 Å². The van der Waals surface area contributed by atoms with E-state index < -0.39 is 0 Å². The van der Waals surface area contributed by atoms with Gasteiger partial charge in [-0.25, -0.2) is 4.85 Å². The number of para-hydroxylation sites is 3. The molecule has 8 rings (SSSR count). The monoisotopic (exact) mass is 508 g/mol. The van der Waals surface area contributed by atoms with Crippen molar-refractivity contribution in [3.05, 3.63) is 138 Å². The largest absolute Gasteiger partial charge is 0.318 e. The van der Waals surface area contributed by atoms with E-state index in [9.17, 15) is 5.26 Å². The summed E-state index contributed by atoms with van der Waals surface area (Å²) in [4.78, 5) is 3.99. The lowest BCUT2D eigenvalue weighted by Gasteiger charge is -2.16. The first-order chi connectivity index (χ1) is 19.8. The molecule has 2 heterocycles. The van der Waals surface area contributed by atoms with Crippen LogP contribution in [0.5, 0.6) is 0 Å². The van der Waals surface area contributed by atoms with Crippen molar-refractivity contribution >= 4 is 60.1 Å². The first kappa shape index (κ1) is 22.2. The lowest BCUT2D eigenvalue weighted by molar-refractivity contribution is 1.14. The van der Waals surface area contributed by atoms with Gasteiger partial charge >= 0.3 is 0 Å². The predicted octanol–water partition coefficient (Wildman–Crippen LogP) is 9.46. The van der Waals surface area contributed by atoms with Crippen LogP contribution in [-0.4, -0.2) is 9.13 Å². The third-order valence-corrected chi connectivity index (χ3v) is 7.92. The molecule has 0 aliphatic heterocycles. The van der Waals surface area contributed by atoms with Gasteiger partial charge in [-0.05, 0) is 53.2 Å². The summed E-state index contributed by atoms with van der Waals surface area (Å²) < 4.78 is 4.25. The molecule has 8 aromatic rings. The van der Waals surface area contributed by atoms with Gasteiger partial charge in [0.2, 0.25) is 5.69 Å². The Labute approximate surface area is 230 Å². The molecule has 2 aromatic heterocycles. The molecule has 0 bridgehead atoms. The van der Waals surface area contributed by atoms with Gasteiger partial charge in [-0.1, -0.05) is 78.9 Å². The number of aromatic nitrogens is 2. The Morgan fingerprint density at radius 3 is 1.68 bits per heavy atom. The SMILES string of the molecule is [C-]#[N+]c1cc(-n2c3ccccc3c3cc4ccccc4cc32)cc(C#N)c1-n1c2ccccc2c2ccccc21. The third-order valence-electron chi connectivity index (χ3n) is 7.92. The van der Waals surface area contributed by atoms with Crippen LogP contribution in [0, 0.1) is 17.9 Å². The summed E-state index contributed by atoms with van der Waals surface area (Å²) in [6, 6.07) is 43.7. The number of nitrogens with zero attached hydrogens (tertiary/aromatic N) is 4. The predicted molar refractivity (Wildman–Crippen MR) is 164 cm³/mol. The molecule has 6 aromatic carbocycles. The lowest BCUT2D eigenvalue weighted by atomic mass is 10.1. The Bertz CT molecular complexity index is 2320. The van der Waals surface area contributed by atoms with Crippen molar-refractivity contribution in [2.24, 2.45) is 0 Å². The maximum absolute atomic E-state index is 10.5. The molecule has 0 amide bonds. The minimum absolute atomic E-state index is 0.437. The van der Waals surface area contributed by atoms with E-state index in [-0.39, 0.29) is 0 Å². The molecule has 4 heteroatoms. The van der Waals surface area contributed by atoms with Crippen molar-refractivity contribution in [1.82, 2.24) is 9.13 Å². The van der Waals surface area contributed by atoms with E-state index in [1.807, 2.05) is 48.5 Å². The van der Waals surface area contributed by atoms with Gasteiger partial charge in [0.1, 0.15) is 6.07 Å². The van der Waals surface area contributed by atoms with E-state index in [0.717, 1.165) is 54.7 Å². The van der Waals surface area contributed by atoms with Gasteiger partial charge in [-0.3, -0.25) is 0 Å². The summed E-state index contributed by atoms with van der Waals surface area (Å²) in [5.74, 6) is 0. The maximum Gasteiger partial charge on any atom is 0.214 e. The number of rotatable bonds is 2. The van der Waals surface area contributed by atoms with Crippen molar-refractivity contribution in [2.75, 3.05) is 0 Å². The Hall–Kier alpha value is -5.84. The summed E-state index contributed by atoms with van der Waals surface area (Å²) in [7, 11) is 0. The number of benzene rings is 6. The molecule has 40 heavy (non-hydrogen) atoms. The normalized spacial score (nSPS) is 11.4. The van der Waals surface area contributed by atoms with Gasteiger partial charge in [0.25, 0.3) is 0 Å². The average molecular weight is 509 g/mol. The van der Waals surface area contributed by atoms with Crippen molar-refractivity contribution < 1.29 is 0 Å². The van der Waals surface area contributed by atoms with E-state index in [1.165, 1.54) is 5.39 Å². The number of hydrogen-bond acceptors (Lipinski definition) is 1. The molecule has 0 N–H and O–H groups in total. The highest BCUT2D eigenvalue weighted by Gasteiger charge is 2.21. The Kier molecular flexibility index (Phi) is 4.62. The van der Waals surface area contributed by atoms with Crippen LogP contribution in [0.1, 0.15) is 5.56 Å². The minimum Gasteiger partial charge on any atom is -0.318 e. The fraction of sp³-hybridized carbons (Fsp3) is 0. The molecule has 0 saturated carbocycles. The van der Waals surface area contributed by atoms with E-state index in [2.05, 4.69) is 92.8 Å². The molecule has 4 nitrogen and oxygen atoms in total. The van der Waals surface area contributed by atoms with Crippen molar-refractivity contribution in [1.29, 1.82) is 5.26 Å². The highest BCUT2D eigenvalue weighted by Crippen LogP contribution is 2.41. The molecule has 0 aliphatic carbocycles. The fourth-order valence-electron chi connectivity index (χ4n) is 6.24. The second-order valence-electron chi connectivity index (χ2n) is 10.0. The zero-order valence-corrected chi connectivity index (χ0v) is 21.3. The number of nitriles is 1. The van der Waals surface area contributed by atoms with Crippen LogP contribution in [0.2, 0.25) is 0 Å². The van der Waals surface area contributed by atoms with Crippen LogP contribution < -0.4 is 0 Å². The molecule has 0 radical (unpaired) electrons. The van der Waals surface area contributed by atoms with Gasteiger partial charge in [-0.15, -0.1) is 0 Å². The fourth-order valence-corrected chi connectivity index (χ4v) is 6.24. The summed E-state index contributed by atoms with van der Waals surface area (Å²) in [5.41, 5.74) is 6.34. The Morgan fingerprint density at radius 2 is 1.07 bits per heavy atom. The van der Waals surface area contributed by atoms with Crippen LogP contribution in [-0.2, 0) is 0 Å². The zero-order chi connectivity index (χ0) is 26.8. The smallest absolute Gasteiger partial charge is 0.214 e. The second kappa shape index (κ2) is 8.33. The average Bonchev–Trinajstić information content (AvgIpc) is 3.51. The number of hydrogen-bond donors (Lipinski definition) is 0. The molecule has 0 saturated heterocycles. The van der Waals surface area contributed by atoms with Gasteiger partial charge in [-0.2, -0.15) is 5.26 Å². The van der Waals surface area contributed by atoms with Crippen LogP contribution in [0.3, 0.4) is 0 Å². The first-order valence-electron chi connectivity index (χ1n) is 13.1. The standard InChI is InChI=1S/C36H20N4/c1-38-31-21-26(39-32-15-7-6-14-29(32)30-19-23-10-2-3-11-24(23)20-35(30)39)18-25(22-37)36(31)40-33-16-8-4-12-27(33)28-13-5-9-17-34(28)40/h2-21H. The molecule has 184 valence electrons. The molecule has 0 unspecified atom stereocenters. The van der Waals surface area contributed by atoms with Gasteiger partial charge in [0, 0.05) is 27.2 Å². The summed E-state index contributed by atoms with van der Waals surface area (Å²) in [6.07, 6.45) is 0. The summed E-state index contributed by atoms with van der Waals surface area (Å²) in [5, 5.41) is 17.3. The van der Waals surface area contributed by atoms with Crippen LogP contribution in [0.25, 0.3) is 70.6 Å². The van der Waals surface area contributed by atoms with E-state index in [1.54, 1.807) is 0 Å². The highest BCUT2D eigenvalue weighted by atomic mass is 15.0. The van der Waals surface area contributed by atoms with Crippen molar-refractivity contribution in [2.45, 2.75) is 0 Å². The Balaban J connectivity index is 1.49. The van der Waals surface area contributed by atoms with Crippen LogP contribution >= 0.6 is 0 Å². The zero-order valence-electron chi connectivity index (χ0n) is 21.3. The molecule has 0 fully saturated rings. The van der Waals surface area contributed by atoms with Gasteiger partial charge in [0.15, 0.2) is 0 Å². The minimum atomic E-state index is 0.437. The molecular weight excluding hydrogens is 488 g/mol. The Morgan fingerprint density at radius 1 is 0.550 bits per heavy atom. The van der Waals surface area contributed by atoms with Crippen LogP contribution in [0.15, 0.2) is 121 Å². The second-order valence-corrected chi connectivity index (χ2v) is 10.0. The molecule has 0 spiro atoms. The van der Waals surface area contributed by atoms with E-state index >= 15 is 0 Å². The first-order valence-corrected chi connectivity index (χ1v) is 13.1. The quantitative estimate of drug-likeness (QED) is 0.214. The summed E-state index contributed by atoms with van der Waals surface area (Å²) >= 11 is 0. The summed E-state index contributed by atoms with van der Waals surface area (Å²) in [6.45, 7) is 8.22. The van der Waals surface area contributed by atoms with Crippen molar-refractivity contribution in [3.8, 4) is 17.4 Å². The molecule has 0 aliphatic rings. The molecular formula is C36H20N4. The topological polar surface area (TPSA) is 38.0 Å².